The Morgan fingerprint density at radius 2 is 1.67 bits per heavy atom. The molecule has 0 aliphatic carbocycles. The Morgan fingerprint density at radius 3 is 2.40 bits per heavy atom. The van der Waals surface area contributed by atoms with Crippen molar-refractivity contribution in [3.05, 3.63) is 101 Å². The molecule has 1 aromatic heterocycles. The standard InChI is InChI=1S/C23H16ClFN4O/c24-15-9-5-13(6-10-15)20-19(22-26-17-3-1-2-4-18(17)27-22)21(29-23(30)28-20)14-7-11-16(25)12-8-14/h1-12,21H,(H,26,27)(H2,28,29,30)/t21-/m1/s1. The Hall–Kier alpha value is -3.64. The third-order valence-electron chi connectivity index (χ3n) is 5.05. The van der Waals surface area contributed by atoms with Gasteiger partial charge in [0.15, 0.2) is 0 Å². The summed E-state index contributed by atoms with van der Waals surface area (Å²) in [5.74, 6) is 0.272. The maximum atomic E-state index is 13.5. The van der Waals surface area contributed by atoms with Crippen molar-refractivity contribution < 1.29 is 9.18 Å². The summed E-state index contributed by atoms with van der Waals surface area (Å²) in [6.07, 6.45) is 0. The molecule has 0 saturated heterocycles. The van der Waals surface area contributed by atoms with Crippen LogP contribution in [-0.2, 0) is 0 Å². The summed E-state index contributed by atoms with van der Waals surface area (Å²) in [4.78, 5) is 20.6. The minimum atomic E-state index is -0.523. The topological polar surface area (TPSA) is 69.8 Å². The average molecular weight is 419 g/mol. The fraction of sp³-hybridized carbons (Fsp3) is 0.0435. The van der Waals surface area contributed by atoms with E-state index in [4.69, 9.17) is 16.6 Å². The molecule has 5 rings (SSSR count). The van der Waals surface area contributed by atoms with Crippen molar-refractivity contribution in [3.8, 4) is 0 Å². The normalized spacial score (nSPS) is 16.5. The second-order valence-electron chi connectivity index (χ2n) is 6.98. The van der Waals surface area contributed by atoms with Gasteiger partial charge < -0.3 is 15.6 Å². The van der Waals surface area contributed by atoms with Crippen LogP contribution in [0.25, 0.3) is 22.3 Å². The monoisotopic (exact) mass is 418 g/mol. The van der Waals surface area contributed by atoms with Crippen molar-refractivity contribution in [3.63, 3.8) is 0 Å². The number of benzene rings is 3. The lowest BCUT2D eigenvalue weighted by molar-refractivity contribution is 0.242. The van der Waals surface area contributed by atoms with Gasteiger partial charge in [-0.2, -0.15) is 0 Å². The van der Waals surface area contributed by atoms with E-state index in [-0.39, 0.29) is 11.8 Å². The molecule has 1 aliphatic rings. The van der Waals surface area contributed by atoms with Crippen LogP contribution < -0.4 is 10.6 Å². The zero-order chi connectivity index (χ0) is 20.7. The van der Waals surface area contributed by atoms with Crippen LogP contribution in [0, 0.1) is 5.82 Å². The molecule has 1 aliphatic heterocycles. The molecular weight excluding hydrogens is 403 g/mol. The second-order valence-corrected chi connectivity index (χ2v) is 7.42. The number of rotatable bonds is 3. The lowest BCUT2D eigenvalue weighted by Gasteiger charge is -2.30. The molecule has 0 saturated carbocycles. The predicted octanol–water partition coefficient (Wildman–Crippen LogP) is 5.28. The molecule has 1 atom stereocenters. The van der Waals surface area contributed by atoms with Crippen molar-refractivity contribution >= 4 is 39.9 Å². The first-order chi connectivity index (χ1) is 14.6. The second kappa shape index (κ2) is 7.31. The van der Waals surface area contributed by atoms with Gasteiger partial charge in [0, 0.05) is 10.6 Å². The van der Waals surface area contributed by atoms with E-state index in [1.807, 2.05) is 36.4 Å². The molecule has 0 radical (unpaired) electrons. The first kappa shape index (κ1) is 18.4. The number of H-pyrrole nitrogens is 1. The molecular formula is C23H16ClFN4O. The van der Waals surface area contributed by atoms with E-state index in [0.717, 1.165) is 27.7 Å². The summed E-state index contributed by atoms with van der Waals surface area (Å²) in [5.41, 5.74) is 4.59. The molecule has 2 amide bonds. The molecule has 5 nitrogen and oxygen atoms in total. The Labute approximate surface area is 176 Å². The number of urea groups is 1. The highest BCUT2D eigenvalue weighted by Gasteiger charge is 2.32. The minimum Gasteiger partial charge on any atom is -0.338 e. The van der Waals surface area contributed by atoms with E-state index in [0.29, 0.717) is 16.5 Å². The number of halogens is 2. The third-order valence-corrected chi connectivity index (χ3v) is 5.30. The van der Waals surface area contributed by atoms with Gasteiger partial charge in [0.1, 0.15) is 11.6 Å². The van der Waals surface area contributed by atoms with Gasteiger partial charge in [-0.05, 0) is 47.5 Å². The number of aromatic nitrogens is 2. The number of hydrogen-bond donors (Lipinski definition) is 3. The molecule has 3 aromatic carbocycles. The maximum Gasteiger partial charge on any atom is 0.320 e. The van der Waals surface area contributed by atoms with Crippen molar-refractivity contribution in [2.24, 2.45) is 0 Å². The van der Waals surface area contributed by atoms with Gasteiger partial charge in [-0.1, -0.05) is 48.0 Å². The Balaban J connectivity index is 1.76. The van der Waals surface area contributed by atoms with Crippen LogP contribution in [-0.4, -0.2) is 16.0 Å². The van der Waals surface area contributed by atoms with Gasteiger partial charge in [0.05, 0.1) is 22.8 Å². The molecule has 0 bridgehead atoms. The number of nitrogens with zero attached hydrogens (tertiary/aromatic N) is 1. The van der Waals surface area contributed by atoms with Crippen molar-refractivity contribution in [1.29, 1.82) is 0 Å². The van der Waals surface area contributed by atoms with E-state index in [2.05, 4.69) is 15.6 Å². The zero-order valence-electron chi connectivity index (χ0n) is 15.6. The van der Waals surface area contributed by atoms with E-state index in [9.17, 15) is 9.18 Å². The Bertz CT molecular complexity index is 1250. The van der Waals surface area contributed by atoms with Crippen molar-refractivity contribution in [1.82, 2.24) is 20.6 Å². The number of nitrogens with one attached hydrogen (secondary N) is 3. The molecule has 4 aromatic rings. The van der Waals surface area contributed by atoms with Gasteiger partial charge in [0.25, 0.3) is 0 Å². The van der Waals surface area contributed by atoms with Crippen LogP contribution in [0.5, 0.6) is 0 Å². The van der Waals surface area contributed by atoms with Gasteiger partial charge in [-0.25, -0.2) is 14.2 Å². The fourth-order valence-electron chi connectivity index (χ4n) is 3.65. The summed E-state index contributed by atoms with van der Waals surface area (Å²) in [5, 5.41) is 6.45. The summed E-state index contributed by atoms with van der Waals surface area (Å²) in [7, 11) is 0. The molecule has 148 valence electrons. The van der Waals surface area contributed by atoms with Gasteiger partial charge >= 0.3 is 6.03 Å². The fourth-order valence-corrected chi connectivity index (χ4v) is 3.78. The van der Waals surface area contributed by atoms with Gasteiger partial charge in [-0.15, -0.1) is 0 Å². The van der Waals surface area contributed by atoms with Crippen LogP contribution >= 0.6 is 11.6 Å². The van der Waals surface area contributed by atoms with E-state index in [1.165, 1.54) is 12.1 Å². The molecule has 0 unspecified atom stereocenters. The van der Waals surface area contributed by atoms with E-state index >= 15 is 0 Å². The number of para-hydroxylation sites is 2. The highest BCUT2D eigenvalue weighted by molar-refractivity contribution is 6.30. The summed E-state index contributed by atoms with van der Waals surface area (Å²) in [6.45, 7) is 0. The highest BCUT2D eigenvalue weighted by atomic mass is 35.5. The molecule has 2 heterocycles. The van der Waals surface area contributed by atoms with E-state index in [1.54, 1.807) is 24.3 Å². The van der Waals surface area contributed by atoms with Crippen molar-refractivity contribution in [2.75, 3.05) is 0 Å². The van der Waals surface area contributed by atoms with Crippen LogP contribution in [0.3, 0.4) is 0 Å². The number of aromatic amines is 1. The first-order valence-corrected chi connectivity index (χ1v) is 9.74. The molecule has 0 fully saturated rings. The van der Waals surface area contributed by atoms with Gasteiger partial charge in [-0.3, -0.25) is 0 Å². The lowest BCUT2D eigenvalue weighted by Crippen LogP contribution is -2.43. The third kappa shape index (κ3) is 3.31. The number of fused-ring (bicyclic) bond motifs is 1. The molecule has 30 heavy (non-hydrogen) atoms. The van der Waals surface area contributed by atoms with Gasteiger partial charge in [0.2, 0.25) is 0 Å². The Kier molecular flexibility index (Phi) is 4.48. The quantitative estimate of drug-likeness (QED) is 0.423. The summed E-state index contributed by atoms with van der Waals surface area (Å²) in [6, 6.07) is 20.1. The lowest BCUT2D eigenvalue weighted by atomic mass is 9.92. The first-order valence-electron chi connectivity index (χ1n) is 9.37. The average Bonchev–Trinajstić information content (AvgIpc) is 3.18. The minimum absolute atomic E-state index is 0.341. The number of carbonyl (C=O) groups excluding carboxylic acids is 1. The van der Waals surface area contributed by atoms with Crippen LogP contribution in [0.2, 0.25) is 5.02 Å². The smallest absolute Gasteiger partial charge is 0.320 e. The SMILES string of the molecule is O=C1NC(c2ccc(Cl)cc2)=C(c2nc3ccccc3[nH]2)[C@@H](c2ccc(F)cc2)N1. The number of imidazole rings is 1. The maximum absolute atomic E-state index is 13.5. The summed E-state index contributed by atoms with van der Waals surface area (Å²) < 4.78 is 13.5. The van der Waals surface area contributed by atoms with E-state index < -0.39 is 6.04 Å². The largest absolute Gasteiger partial charge is 0.338 e. The highest BCUT2D eigenvalue weighted by Crippen LogP contribution is 2.37. The number of hydrogen-bond acceptors (Lipinski definition) is 2. The van der Waals surface area contributed by atoms with Crippen LogP contribution in [0.4, 0.5) is 9.18 Å². The molecule has 3 N–H and O–H groups in total. The molecule has 0 spiro atoms. The number of amides is 2. The van der Waals surface area contributed by atoms with Crippen LogP contribution in [0.15, 0.2) is 72.8 Å². The molecule has 7 heteroatoms. The predicted molar refractivity (Wildman–Crippen MR) is 115 cm³/mol. The van der Waals surface area contributed by atoms with Crippen molar-refractivity contribution in [2.45, 2.75) is 6.04 Å². The zero-order valence-corrected chi connectivity index (χ0v) is 16.4. The van der Waals surface area contributed by atoms with Crippen LogP contribution in [0.1, 0.15) is 23.0 Å². The Morgan fingerprint density at radius 1 is 0.933 bits per heavy atom. The summed E-state index contributed by atoms with van der Waals surface area (Å²) >= 11 is 6.06. The number of carbonyl (C=O) groups is 1.